The van der Waals surface area contributed by atoms with Crippen molar-refractivity contribution in [2.75, 3.05) is 5.32 Å². The first-order valence-electron chi connectivity index (χ1n) is 6.07. The van der Waals surface area contributed by atoms with Gasteiger partial charge in [-0.15, -0.1) is 0 Å². The van der Waals surface area contributed by atoms with E-state index in [0.717, 1.165) is 0 Å². The molecule has 0 bridgehead atoms. The number of nitro benzene ring substituents is 1. The van der Waals surface area contributed by atoms with Crippen LogP contribution in [0.1, 0.15) is 11.1 Å². The Labute approximate surface area is 119 Å². The number of pyridine rings is 1. The monoisotopic (exact) mass is 288 g/mol. The molecule has 8 nitrogen and oxygen atoms in total. The molecule has 0 fully saturated rings. The van der Waals surface area contributed by atoms with Crippen LogP contribution in [0.4, 0.5) is 17.2 Å². The minimum Gasteiger partial charge on any atom is -0.374 e. The summed E-state index contributed by atoms with van der Waals surface area (Å²) in [5, 5.41) is 24.6. The Morgan fingerprint density at radius 3 is 2.57 bits per heavy atom. The molecule has 0 radical (unpaired) electrons. The molecule has 0 amide bonds. The number of rotatable bonds is 5. The van der Waals surface area contributed by atoms with Gasteiger partial charge in [-0.3, -0.25) is 10.1 Å². The molecular formula is C13H12N4O4. The van der Waals surface area contributed by atoms with Crippen LogP contribution in [0.5, 0.6) is 0 Å². The van der Waals surface area contributed by atoms with Gasteiger partial charge in [0.05, 0.1) is 4.92 Å². The van der Waals surface area contributed by atoms with E-state index in [1.165, 1.54) is 18.3 Å². The second-order valence-corrected chi connectivity index (χ2v) is 4.30. The maximum absolute atomic E-state index is 10.9. The first-order chi connectivity index (χ1) is 10.0. The molecular weight excluding hydrogens is 276 g/mol. The van der Waals surface area contributed by atoms with Crippen LogP contribution >= 0.6 is 0 Å². The summed E-state index contributed by atoms with van der Waals surface area (Å²) in [7, 11) is 0. The maximum atomic E-state index is 10.9. The number of aromatic nitrogens is 1. The number of nitro groups is 2. The molecule has 1 aromatic carbocycles. The van der Waals surface area contributed by atoms with Gasteiger partial charge < -0.3 is 15.4 Å². The van der Waals surface area contributed by atoms with Crippen LogP contribution in [-0.4, -0.2) is 14.8 Å². The molecule has 0 unspecified atom stereocenters. The summed E-state index contributed by atoms with van der Waals surface area (Å²) in [5.74, 6) is -0.277. The highest BCUT2D eigenvalue weighted by atomic mass is 16.6. The van der Waals surface area contributed by atoms with Crippen molar-refractivity contribution in [2.24, 2.45) is 0 Å². The normalized spacial score (nSPS) is 10.1. The van der Waals surface area contributed by atoms with Crippen LogP contribution in [0.25, 0.3) is 0 Å². The van der Waals surface area contributed by atoms with Crippen molar-refractivity contribution in [1.82, 2.24) is 4.98 Å². The van der Waals surface area contributed by atoms with Crippen molar-refractivity contribution in [2.45, 2.75) is 13.5 Å². The zero-order chi connectivity index (χ0) is 15.4. The molecule has 2 aromatic rings. The van der Waals surface area contributed by atoms with Gasteiger partial charge in [0.15, 0.2) is 0 Å². The lowest BCUT2D eigenvalue weighted by atomic mass is 10.1. The van der Waals surface area contributed by atoms with E-state index in [2.05, 4.69) is 10.3 Å². The summed E-state index contributed by atoms with van der Waals surface area (Å²) in [6.45, 7) is 1.88. The summed E-state index contributed by atoms with van der Waals surface area (Å²) >= 11 is 0. The zero-order valence-electron chi connectivity index (χ0n) is 11.1. The van der Waals surface area contributed by atoms with E-state index in [9.17, 15) is 20.2 Å². The largest absolute Gasteiger partial charge is 0.386 e. The minimum atomic E-state index is -0.581. The Morgan fingerprint density at radius 2 is 1.90 bits per heavy atom. The van der Waals surface area contributed by atoms with Crippen molar-refractivity contribution >= 4 is 17.2 Å². The lowest BCUT2D eigenvalue weighted by Crippen LogP contribution is -2.06. The number of nitrogens with zero attached hydrogens (tertiary/aromatic N) is 3. The van der Waals surface area contributed by atoms with Crippen molar-refractivity contribution < 1.29 is 9.85 Å². The maximum Gasteiger partial charge on any atom is 0.386 e. The van der Waals surface area contributed by atoms with Crippen molar-refractivity contribution in [3.05, 3.63) is 67.9 Å². The Kier molecular flexibility index (Phi) is 4.07. The molecule has 0 spiro atoms. The van der Waals surface area contributed by atoms with Gasteiger partial charge in [0, 0.05) is 18.2 Å². The van der Waals surface area contributed by atoms with Crippen LogP contribution in [0.2, 0.25) is 0 Å². The van der Waals surface area contributed by atoms with E-state index in [4.69, 9.17) is 0 Å². The van der Waals surface area contributed by atoms with E-state index >= 15 is 0 Å². The lowest BCUT2D eigenvalue weighted by molar-refractivity contribution is -0.388. The summed E-state index contributed by atoms with van der Waals surface area (Å²) in [5.41, 5.74) is 1.52. The summed E-state index contributed by atoms with van der Waals surface area (Å²) in [6, 6.07) is 7.86. The number of nitrogens with one attached hydrogen (secondary N) is 1. The molecule has 0 saturated heterocycles. The molecule has 108 valence electrons. The van der Waals surface area contributed by atoms with Crippen molar-refractivity contribution in [1.29, 1.82) is 0 Å². The van der Waals surface area contributed by atoms with Crippen LogP contribution in [-0.2, 0) is 6.54 Å². The number of benzene rings is 1. The third kappa shape index (κ3) is 3.11. The summed E-state index contributed by atoms with van der Waals surface area (Å²) in [4.78, 5) is 24.4. The average molecular weight is 288 g/mol. The standard InChI is InChI=1S/C13H12N4O4/c1-9-10(4-2-6-12(9)16(18)19)8-15-11-5-3-7-14-13(11)17(20)21/h2-7,15H,8H2,1H3. The molecule has 0 aliphatic heterocycles. The fourth-order valence-electron chi connectivity index (χ4n) is 1.93. The fraction of sp³-hybridized carbons (Fsp3) is 0.154. The predicted molar refractivity (Wildman–Crippen MR) is 76.1 cm³/mol. The third-order valence-electron chi connectivity index (χ3n) is 3.04. The van der Waals surface area contributed by atoms with Crippen molar-refractivity contribution in [3.8, 4) is 0 Å². The van der Waals surface area contributed by atoms with Crippen LogP contribution in [0, 0.1) is 27.2 Å². The highest BCUT2D eigenvalue weighted by Gasteiger charge is 2.16. The van der Waals surface area contributed by atoms with Gasteiger partial charge in [0.1, 0.15) is 11.9 Å². The van der Waals surface area contributed by atoms with Gasteiger partial charge >= 0.3 is 5.82 Å². The van der Waals surface area contributed by atoms with Gasteiger partial charge in [-0.05, 0) is 34.5 Å². The molecule has 2 rings (SSSR count). The Hall–Kier alpha value is -3.03. The Morgan fingerprint density at radius 1 is 1.14 bits per heavy atom. The zero-order valence-corrected chi connectivity index (χ0v) is 11.1. The van der Waals surface area contributed by atoms with Gasteiger partial charge in [0.25, 0.3) is 5.69 Å². The smallest absolute Gasteiger partial charge is 0.374 e. The van der Waals surface area contributed by atoms with E-state index in [0.29, 0.717) is 11.1 Å². The molecule has 1 aromatic heterocycles. The van der Waals surface area contributed by atoms with Crippen LogP contribution in [0.3, 0.4) is 0 Å². The second-order valence-electron chi connectivity index (χ2n) is 4.30. The SMILES string of the molecule is Cc1c(CNc2cccnc2[N+](=O)[O-])cccc1[N+](=O)[O-]. The number of hydrogen-bond acceptors (Lipinski definition) is 6. The molecule has 21 heavy (non-hydrogen) atoms. The van der Waals surface area contributed by atoms with E-state index in [1.807, 2.05) is 0 Å². The number of hydrogen-bond donors (Lipinski definition) is 1. The number of anilines is 1. The quantitative estimate of drug-likeness (QED) is 0.668. The third-order valence-corrected chi connectivity index (χ3v) is 3.04. The molecule has 8 heteroatoms. The van der Waals surface area contributed by atoms with E-state index in [-0.39, 0.29) is 23.7 Å². The molecule has 1 N–H and O–H groups in total. The average Bonchev–Trinajstić information content (AvgIpc) is 2.46. The molecule has 0 saturated carbocycles. The minimum absolute atomic E-state index is 0.0231. The first kappa shape index (κ1) is 14.4. The highest BCUT2D eigenvalue weighted by molar-refractivity contribution is 5.57. The van der Waals surface area contributed by atoms with Gasteiger partial charge in [-0.25, -0.2) is 0 Å². The van der Waals surface area contributed by atoms with Gasteiger partial charge in [0.2, 0.25) is 0 Å². The van der Waals surface area contributed by atoms with Crippen LogP contribution < -0.4 is 5.32 Å². The first-order valence-corrected chi connectivity index (χ1v) is 6.07. The molecule has 0 aliphatic rings. The predicted octanol–water partition coefficient (Wildman–Crippen LogP) is 2.82. The highest BCUT2D eigenvalue weighted by Crippen LogP contribution is 2.24. The summed E-state index contributed by atoms with van der Waals surface area (Å²) < 4.78 is 0. The van der Waals surface area contributed by atoms with Crippen molar-refractivity contribution in [3.63, 3.8) is 0 Å². The topological polar surface area (TPSA) is 111 Å². The Balaban J connectivity index is 2.23. The fourth-order valence-corrected chi connectivity index (χ4v) is 1.93. The van der Waals surface area contributed by atoms with E-state index in [1.54, 1.807) is 25.1 Å². The summed E-state index contributed by atoms with van der Waals surface area (Å²) in [6.07, 6.45) is 1.34. The Bertz CT molecular complexity index is 702. The van der Waals surface area contributed by atoms with E-state index < -0.39 is 9.85 Å². The molecule has 0 atom stereocenters. The second kappa shape index (κ2) is 5.95. The van der Waals surface area contributed by atoms with Gasteiger partial charge in [-0.2, -0.15) is 0 Å². The molecule has 0 aliphatic carbocycles. The van der Waals surface area contributed by atoms with Crippen LogP contribution in [0.15, 0.2) is 36.5 Å². The van der Waals surface area contributed by atoms with Gasteiger partial charge in [-0.1, -0.05) is 12.1 Å². The molecule has 1 heterocycles. The lowest BCUT2D eigenvalue weighted by Gasteiger charge is -2.09.